The zero-order valence-electron chi connectivity index (χ0n) is 13.0. The molecule has 0 unspecified atom stereocenters. The van der Waals surface area contributed by atoms with Crippen molar-refractivity contribution in [2.45, 2.75) is 25.2 Å². The molecule has 1 aromatic rings. The van der Waals surface area contributed by atoms with E-state index in [1.165, 1.54) is 14.2 Å². The van der Waals surface area contributed by atoms with Crippen LogP contribution in [0.25, 0.3) is 0 Å². The highest BCUT2D eigenvalue weighted by atomic mass is 79.9. The number of nitrogens with zero attached hydrogens (tertiary/aromatic N) is 1. The molecular formula is C17H18BrNO4. The van der Waals surface area contributed by atoms with Gasteiger partial charge in [0.25, 0.3) is 0 Å². The lowest BCUT2D eigenvalue weighted by atomic mass is 9.69. The van der Waals surface area contributed by atoms with Gasteiger partial charge in [0.15, 0.2) is 0 Å². The van der Waals surface area contributed by atoms with Crippen LogP contribution in [0.5, 0.6) is 0 Å². The van der Waals surface area contributed by atoms with E-state index in [4.69, 9.17) is 9.47 Å². The Hall–Kier alpha value is -1.87. The van der Waals surface area contributed by atoms with Crippen molar-refractivity contribution in [2.75, 3.05) is 14.2 Å². The molecule has 3 atom stereocenters. The molecule has 1 saturated carbocycles. The standard InChI is InChI=1S/C17H18BrNO4/c1-22-16(20)13-5-3-4-12(15(13)17(21)23-2)10-6-7-14(18)11(8-10)9-19/h6-8,12-13,15H,3-5H2,1-2H3/t12-,13+,15+/m0/s1. The summed E-state index contributed by atoms with van der Waals surface area (Å²) in [5, 5.41) is 9.20. The van der Waals surface area contributed by atoms with Gasteiger partial charge in [0.05, 0.1) is 31.6 Å². The average Bonchev–Trinajstić information content (AvgIpc) is 2.60. The van der Waals surface area contributed by atoms with Gasteiger partial charge >= 0.3 is 11.9 Å². The third-order valence-electron chi connectivity index (χ3n) is 4.41. The maximum Gasteiger partial charge on any atom is 0.310 e. The Morgan fingerprint density at radius 1 is 1.22 bits per heavy atom. The van der Waals surface area contributed by atoms with Crippen molar-refractivity contribution >= 4 is 27.9 Å². The first kappa shape index (κ1) is 17.5. The smallest absolute Gasteiger partial charge is 0.310 e. The second-order valence-corrected chi connectivity index (χ2v) is 6.42. The van der Waals surface area contributed by atoms with E-state index < -0.39 is 17.8 Å². The number of methoxy groups -OCH3 is 2. The van der Waals surface area contributed by atoms with E-state index in [2.05, 4.69) is 22.0 Å². The van der Waals surface area contributed by atoms with Crippen molar-refractivity contribution in [3.63, 3.8) is 0 Å². The van der Waals surface area contributed by atoms with Crippen molar-refractivity contribution in [3.05, 3.63) is 33.8 Å². The maximum absolute atomic E-state index is 12.3. The third-order valence-corrected chi connectivity index (χ3v) is 5.11. The Labute approximate surface area is 143 Å². The minimum atomic E-state index is -0.589. The summed E-state index contributed by atoms with van der Waals surface area (Å²) in [7, 11) is 2.65. The van der Waals surface area contributed by atoms with Crippen LogP contribution in [-0.2, 0) is 19.1 Å². The van der Waals surface area contributed by atoms with Gasteiger partial charge in [-0.15, -0.1) is 0 Å². The molecule has 6 heteroatoms. The number of hydrogen-bond acceptors (Lipinski definition) is 5. The number of ether oxygens (including phenoxy) is 2. The van der Waals surface area contributed by atoms with E-state index in [1.54, 1.807) is 12.1 Å². The Morgan fingerprint density at radius 3 is 2.52 bits per heavy atom. The minimum Gasteiger partial charge on any atom is -0.469 e. The molecule has 0 saturated heterocycles. The number of rotatable bonds is 3. The lowest BCUT2D eigenvalue weighted by molar-refractivity contribution is -0.160. The fourth-order valence-electron chi connectivity index (χ4n) is 3.31. The molecule has 0 amide bonds. The molecule has 1 aliphatic carbocycles. The van der Waals surface area contributed by atoms with Crippen molar-refractivity contribution in [3.8, 4) is 6.07 Å². The van der Waals surface area contributed by atoms with Crippen LogP contribution in [0.2, 0.25) is 0 Å². The summed E-state index contributed by atoms with van der Waals surface area (Å²) < 4.78 is 10.5. The average molecular weight is 380 g/mol. The molecule has 0 heterocycles. The van der Waals surface area contributed by atoms with Crippen LogP contribution < -0.4 is 0 Å². The van der Waals surface area contributed by atoms with Gasteiger partial charge < -0.3 is 9.47 Å². The number of esters is 2. The number of halogens is 1. The normalized spacial score (nSPS) is 23.7. The largest absolute Gasteiger partial charge is 0.469 e. The molecule has 0 radical (unpaired) electrons. The topological polar surface area (TPSA) is 76.4 Å². The Kier molecular flexibility index (Phi) is 5.78. The maximum atomic E-state index is 12.3. The van der Waals surface area contributed by atoms with Crippen molar-refractivity contribution in [1.29, 1.82) is 5.26 Å². The summed E-state index contributed by atoms with van der Waals surface area (Å²) in [5.74, 6) is -2.07. The molecule has 122 valence electrons. The SMILES string of the molecule is COC(=O)[C@H]1[C@H](C(=O)OC)CCC[C@H]1c1ccc(Br)c(C#N)c1. The molecule has 0 spiro atoms. The lowest BCUT2D eigenvalue weighted by Crippen LogP contribution is -2.38. The first-order chi connectivity index (χ1) is 11.0. The zero-order valence-corrected chi connectivity index (χ0v) is 14.6. The summed E-state index contributed by atoms with van der Waals surface area (Å²) in [6.07, 6.45) is 2.18. The molecule has 1 aliphatic rings. The van der Waals surface area contributed by atoms with Crippen LogP contribution in [0.4, 0.5) is 0 Å². The first-order valence-corrected chi connectivity index (χ1v) is 8.18. The van der Waals surface area contributed by atoms with E-state index in [9.17, 15) is 14.9 Å². The molecule has 2 rings (SSSR count). The predicted octanol–water partition coefficient (Wildman–Crippen LogP) is 3.17. The minimum absolute atomic E-state index is 0.166. The highest BCUT2D eigenvalue weighted by molar-refractivity contribution is 9.10. The van der Waals surface area contributed by atoms with E-state index in [-0.39, 0.29) is 11.9 Å². The van der Waals surface area contributed by atoms with Crippen LogP contribution in [0, 0.1) is 23.2 Å². The molecule has 0 bridgehead atoms. The second-order valence-electron chi connectivity index (χ2n) is 5.57. The van der Waals surface area contributed by atoms with Crippen molar-refractivity contribution in [2.24, 2.45) is 11.8 Å². The molecule has 5 nitrogen and oxygen atoms in total. The Bertz CT molecular complexity index is 652. The van der Waals surface area contributed by atoms with Crippen LogP contribution in [-0.4, -0.2) is 26.2 Å². The third kappa shape index (κ3) is 3.56. The van der Waals surface area contributed by atoms with Gasteiger partial charge in [0, 0.05) is 4.47 Å². The molecule has 0 aromatic heterocycles. The quantitative estimate of drug-likeness (QED) is 0.753. The van der Waals surface area contributed by atoms with Gasteiger partial charge in [-0.2, -0.15) is 5.26 Å². The fourth-order valence-corrected chi connectivity index (χ4v) is 3.65. The lowest BCUT2D eigenvalue weighted by Gasteiger charge is -2.35. The van der Waals surface area contributed by atoms with Gasteiger partial charge in [0.1, 0.15) is 6.07 Å². The molecule has 1 aromatic carbocycles. The number of nitriles is 1. The van der Waals surface area contributed by atoms with Gasteiger partial charge in [0.2, 0.25) is 0 Å². The van der Waals surface area contributed by atoms with Crippen LogP contribution in [0.1, 0.15) is 36.3 Å². The van der Waals surface area contributed by atoms with Gasteiger partial charge in [-0.1, -0.05) is 12.5 Å². The fraction of sp³-hybridized carbons (Fsp3) is 0.471. The first-order valence-electron chi connectivity index (χ1n) is 7.38. The van der Waals surface area contributed by atoms with Gasteiger partial charge in [-0.05, 0) is 52.4 Å². The van der Waals surface area contributed by atoms with E-state index in [0.717, 1.165) is 18.4 Å². The summed E-state index contributed by atoms with van der Waals surface area (Å²) >= 11 is 3.33. The van der Waals surface area contributed by atoms with Crippen LogP contribution in [0.3, 0.4) is 0 Å². The van der Waals surface area contributed by atoms with Gasteiger partial charge in [-0.25, -0.2) is 0 Å². The van der Waals surface area contributed by atoms with Crippen molar-refractivity contribution in [1.82, 2.24) is 0 Å². The summed E-state index contributed by atoms with van der Waals surface area (Å²) in [6.45, 7) is 0. The number of carbonyl (C=O) groups is 2. The van der Waals surface area contributed by atoms with Crippen molar-refractivity contribution < 1.29 is 19.1 Å². The predicted molar refractivity (Wildman–Crippen MR) is 86.5 cm³/mol. The summed E-state index contributed by atoms with van der Waals surface area (Å²) in [4.78, 5) is 24.4. The molecular weight excluding hydrogens is 362 g/mol. The van der Waals surface area contributed by atoms with E-state index >= 15 is 0 Å². The number of benzene rings is 1. The number of hydrogen-bond donors (Lipinski definition) is 0. The highest BCUT2D eigenvalue weighted by Gasteiger charge is 2.44. The van der Waals surface area contributed by atoms with Crippen LogP contribution in [0.15, 0.2) is 22.7 Å². The highest BCUT2D eigenvalue weighted by Crippen LogP contribution is 2.43. The zero-order chi connectivity index (χ0) is 17.0. The number of carbonyl (C=O) groups excluding carboxylic acids is 2. The van der Waals surface area contributed by atoms with E-state index in [1.807, 2.05) is 6.07 Å². The van der Waals surface area contributed by atoms with Crippen LogP contribution >= 0.6 is 15.9 Å². The monoisotopic (exact) mass is 379 g/mol. The molecule has 23 heavy (non-hydrogen) atoms. The molecule has 0 aliphatic heterocycles. The Morgan fingerprint density at radius 2 is 1.91 bits per heavy atom. The summed E-state index contributed by atoms with van der Waals surface area (Å²) in [5.41, 5.74) is 1.38. The Balaban J connectivity index is 2.43. The molecule has 1 fully saturated rings. The van der Waals surface area contributed by atoms with Gasteiger partial charge in [-0.3, -0.25) is 9.59 Å². The second kappa shape index (κ2) is 7.60. The van der Waals surface area contributed by atoms with E-state index in [0.29, 0.717) is 16.5 Å². The summed E-state index contributed by atoms with van der Waals surface area (Å²) in [6, 6.07) is 7.57. The molecule has 0 N–H and O–H groups in total.